The normalized spacial score (nSPS) is 24.3. The molecule has 0 radical (unpaired) electrons. The van der Waals surface area contributed by atoms with Crippen molar-refractivity contribution in [3.05, 3.63) is 28.3 Å². The highest BCUT2D eigenvalue weighted by molar-refractivity contribution is 7.92. The molecule has 0 saturated carbocycles. The van der Waals surface area contributed by atoms with Crippen molar-refractivity contribution in [2.45, 2.75) is 36.3 Å². The summed E-state index contributed by atoms with van der Waals surface area (Å²) in [5.41, 5.74) is -0.281. The summed E-state index contributed by atoms with van der Waals surface area (Å²) in [6.45, 7) is 4.14. The zero-order valence-corrected chi connectivity index (χ0v) is 14.1. The van der Waals surface area contributed by atoms with Crippen LogP contribution in [0.25, 0.3) is 0 Å². The van der Waals surface area contributed by atoms with Crippen molar-refractivity contribution in [2.24, 2.45) is 5.92 Å². The number of nitro benzene ring substituents is 1. The van der Waals surface area contributed by atoms with E-state index in [-0.39, 0.29) is 23.7 Å². The van der Waals surface area contributed by atoms with Crippen LogP contribution in [0.5, 0.6) is 0 Å². The summed E-state index contributed by atoms with van der Waals surface area (Å²) in [7, 11) is -5.65. The summed E-state index contributed by atoms with van der Waals surface area (Å²) in [4.78, 5) is 9.06. The molecule has 2 rings (SSSR count). The SMILES string of the molecule is CC1NNC(C)C1CNc1ccc(S(=O)(=O)C(F)(F)F)cc1[N+](=O)[O-]. The second-order valence-electron chi connectivity index (χ2n) is 5.80. The van der Waals surface area contributed by atoms with E-state index in [1.54, 1.807) is 0 Å². The van der Waals surface area contributed by atoms with E-state index in [2.05, 4.69) is 16.2 Å². The molecule has 8 nitrogen and oxygen atoms in total. The number of rotatable bonds is 5. The molecule has 2 unspecified atom stereocenters. The fraction of sp³-hybridized carbons (Fsp3) is 0.538. The smallest absolute Gasteiger partial charge is 0.379 e. The van der Waals surface area contributed by atoms with Crippen molar-refractivity contribution >= 4 is 21.2 Å². The maximum absolute atomic E-state index is 12.6. The lowest BCUT2D eigenvalue weighted by atomic mass is 9.96. The van der Waals surface area contributed by atoms with Crippen LogP contribution >= 0.6 is 0 Å². The average molecular weight is 382 g/mol. The van der Waals surface area contributed by atoms with Gasteiger partial charge < -0.3 is 5.32 Å². The van der Waals surface area contributed by atoms with E-state index in [1.165, 1.54) is 0 Å². The molecule has 1 saturated heterocycles. The van der Waals surface area contributed by atoms with E-state index < -0.39 is 30.9 Å². The zero-order valence-electron chi connectivity index (χ0n) is 13.3. The third-order valence-electron chi connectivity index (χ3n) is 4.13. The molecule has 1 aromatic carbocycles. The van der Waals surface area contributed by atoms with Crippen LogP contribution in [0.15, 0.2) is 23.1 Å². The number of nitrogens with one attached hydrogen (secondary N) is 3. The lowest BCUT2D eigenvalue weighted by Crippen LogP contribution is -2.30. The minimum atomic E-state index is -5.65. The number of hydrogen-bond acceptors (Lipinski definition) is 7. The van der Waals surface area contributed by atoms with Crippen LogP contribution in [0, 0.1) is 16.0 Å². The van der Waals surface area contributed by atoms with Gasteiger partial charge in [-0.2, -0.15) is 13.2 Å². The lowest BCUT2D eigenvalue weighted by molar-refractivity contribution is -0.384. The van der Waals surface area contributed by atoms with Crippen molar-refractivity contribution in [1.29, 1.82) is 0 Å². The van der Waals surface area contributed by atoms with Gasteiger partial charge in [0.1, 0.15) is 5.69 Å². The number of nitrogens with zero attached hydrogens (tertiary/aromatic N) is 1. The zero-order chi connectivity index (χ0) is 19.0. The monoisotopic (exact) mass is 382 g/mol. The first-order valence-corrected chi connectivity index (χ1v) is 8.78. The van der Waals surface area contributed by atoms with Gasteiger partial charge in [0, 0.05) is 30.6 Å². The number of benzene rings is 1. The Labute approximate surface area is 141 Å². The lowest BCUT2D eigenvalue weighted by Gasteiger charge is -2.19. The molecule has 0 aliphatic carbocycles. The Morgan fingerprint density at radius 3 is 2.28 bits per heavy atom. The molecule has 25 heavy (non-hydrogen) atoms. The Kier molecular flexibility index (Phi) is 5.25. The van der Waals surface area contributed by atoms with Crippen molar-refractivity contribution in [1.82, 2.24) is 10.9 Å². The van der Waals surface area contributed by atoms with Crippen LogP contribution in [0.4, 0.5) is 24.5 Å². The maximum Gasteiger partial charge on any atom is 0.501 e. The highest BCUT2D eigenvalue weighted by Gasteiger charge is 2.47. The fourth-order valence-corrected chi connectivity index (χ4v) is 3.39. The first kappa shape index (κ1) is 19.4. The number of halogens is 3. The van der Waals surface area contributed by atoms with Gasteiger partial charge in [0.15, 0.2) is 0 Å². The number of alkyl halides is 3. The van der Waals surface area contributed by atoms with E-state index in [0.717, 1.165) is 6.07 Å². The minimum absolute atomic E-state index is 0.0441. The molecule has 0 bridgehead atoms. The highest BCUT2D eigenvalue weighted by atomic mass is 32.2. The van der Waals surface area contributed by atoms with Gasteiger partial charge in [-0.3, -0.25) is 21.0 Å². The summed E-state index contributed by atoms with van der Waals surface area (Å²) in [5, 5.41) is 14.0. The van der Waals surface area contributed by atoms with Gasteiger partial charge in [-0.05, 0) is 26.0 Å². The first-order valence-electron chi connectivity index (χ1n) is 7.30. The quantitative estimate of drug-likeness (QED) is 0.526. The van der Waals surface area contributed by atoms with Crippen LogP contribution in [-0.4, -0.2) is 37.5 Å². The van der Waals surface area contributed by atoms with Crippen LogP contribution in [0.3, 0.4) is 0 Å². The molecular formula is C13H17F3N4O4S. The third-order valence-corrected chi connectivity index (χ3v) is 5.62. The summed E-state index contributed by atoms with van der Waals surface area (Å²) < 4.78 is 60.6. The predicted molar refractivity (Wildman–Crippen MR) is 83.5 cm³/mol. The fourth-order valence-electron chi connectivity index (χ4n) is 2.60. The minimum Gasteiger partial charge on any atom is -0.379 e. The molecule has 140 valence electrons. The first-order chi connectivity index (χ1) is 11.4. The standard InChI is InChI=1S/C13H17F3N4O4S/c1-7-10(8(2)19-18-7)6-17-11-4-3-9(5-12(11)20(21)22)25(23,24)13(14,15)16/h3-5,7-8,10,17-19H,6H2,1-2H3. The molecule has 0 aromatic heterocycles. The van der Waals surface area contributed by atoms with Gasteiger partial charge in [0.05, 0.1) is 9.82 Å². The molecule has 12 heteroatoms. The second-order valence-corrected chi connectivity index (χ2v) is 7.74. The van der Waals surface area contributed by atoms with E-state index in [4.69, 9.17) is 0 Å². The molecule has 1 fully saturated rings. The number of nitro groups is 1. The number of hydrazine groups is 1. The molecule has 1 aromatic rings. The maximum atomic E-state index is 12.6. The van der Waals surface area contributed by atoms with Crippen LogP contribution in [0.2, 0.25) is 0 Å². The van der Waals surface area contributed by atoms with Crippen LogP contribution in [0.1, 0.15) is 13.8 Å². The molecule has 1 heterocycles. The number of hydrogen-bond donors (Lipinski definition) is 3. The number of anilines is 1. The Morgan fingerprint density at radius 1 is 1.24 bits per heavy atom. The Morgan fingerprint density at radius 2 is 1.80 bits per heavy atom. The van der Waals surface area contributed by atoms with Crippen molar-refractivity contribution < 1.29 is 26.5 Å². The largest absolute Gasteiger partial charge is 0.501 e. The molecule has 3 N–H and O–H groups in total. The summed E-state index contributed by atoms with van der Waals surface area (Å²) in [6.07, 6.45) is 0. The van der Waals surface area contributed by atoms with Gasteiger partial charge in [-0.15, -0.1) is 0 Å². The van der Waals surface area contributed by atoms with E-state index in [1.807, 2.05) is 13.8 Å². The van der Waals surface area contributed by atoms with Gasteiger partial charge in [0.25, 0.3) is 15.5 Å². The third kappa shape index (κ3) is 3.85. The molecule has 2 atom stereocenters. The van der Waals surface area contributed by atoms with Crippen molar-refractivity contribution in [3.63, 3.8) is 0 Å². The Bertz CT molecular complexity index is 759. The molecular weight excluding hydrogens is 365 g/mol. The summed E-state index contributed by atoms with van der Waals surface area (Å²) in [5.74, 6) is 0.0678. The average Bonchev–Trinajstić information content (AvgIpc) is 2.82. The van der Waals surface area contributed by atoms with E-state index >= 15 is 0 Å². The Hall–Kier alpha value is -1.92. The van der Waals surface area contributed by atoms with Crippen molar-refractivity contribution in [3.8, 4) is 0 Å². The molecule has 1 aliphatic heterocycles. The van der Waals surface area contributed by atoms with Gasteiger partial charge >= 0.3 is 5.51 Å². The molecule has 1 aliphatic rings. The number of sulfone groups is 1. The molecule has 0 spiro atoms. The van der Waals surface area contributed by atoms with Gasteiger partial charge in [-0.1, -0.05) is 0 Å². The van der Waals surface area contributed by atoms with Crippen molar-refractivity contribution in [2.75, 3.05) is 11.9 Å². The highest BCUT2D eigenvalue weighted by Crippen LogP contribution is 2.34. The summed E-state index contributed by atoms with van der Waals surface area (Å²) in [6, 6.07) is 2.25. The van der Waals surface area contributed by atoms with Crippen LogP contribution in [-0.2, 0) is 9.84 Å². The van der Waals surface area contributed by atoms with E-state index in [0.29, 0.717) is 18.7 Å². The van der Waals surface area contributed by atoms with E-state index in [9.17, 15) is 31.7 Å². The topological polar surface area (TPSA) is 113 Å². The molecule has 0 amide bonds. The second kappa shape index (κ2) is 6.77. The van der Waals surface area contributed by atoms with Crippen LogP contribution < -0.4 is 16.2 Å². The summed E-state index contributed by atoms with van der Waals surface area (Å²) >= 11 is 0. The Balaban J connectivity index is 2.30. The predicted octanol–water partition coefficient (Wildman–Crippen LogP) is 1.80. The van der Waals surface area contributed by atoms with Gasteiger partial charge in [-0.25, -0.2) is 8.42 Å². The van der Waals surface area contributed by atoms with Gasteiger partial charge in [0.2, 0.25) is 0 Å².